The summed E-state index contributed by atoms with van der Waals surface area (Å²) in [6.07, 6.45) is 0. The lowest BCUT2D eigenvalue weighted by Crippen LogP contribution is -2.30. The van der Waals surface area contributed by atoms with Gasteiger partial charge in [-0.2, -0.15) is 5.26 Å². The van der Waals surface area contributed by atoms with Crippen molar-refractivity contribution in [3.8, 4) is 6.07 Å². The molecule has 1 aliphatic heterocycles. The van der Waals surface area contributed by atoms with E-state index in [-0.39, 0.29) is 0 Å². The van der Waals surface area contributed by atoms with Gasteiger partial charge in [0, 0.05) is 18.8 Å². The highest BCUT2D eigenvalue weighted by atomic mass is 15.2. The average Bonchev–Trinajstić information content (AvgIpc) is 2.48. The molecule has 3 nitrogen and oxygen atoms in total. The summed E-state index contributed by atoms with van der Waals surface area (Å²) in [4.78, 5) is 2.33. The van der Waals surface area contributed by atoms with E-state index in [1.54, 1.807) is 0 Å². The molecule has 0 saturated heterocycles. The normalized spacial score (nSPS) is 13.3. The second-order valence-electron chi connectivity index (χ2n) is 5.21. The highest BCUT2D eigenvalue weighted by molar-refractivity contribution is 5.80. The third kappa shape index (κ3) is 2.10. The van der Waals surface area contributed by atoms with E-state index in [0.717, 1.165) is 24.5 Å². The van der Waals surface area contributed by atoms with Gasteiger partial charge in [0.15, 0.2) is 0 Å². The van der Waals surface area contributed by atoms with Crippen LogP contribution in [0.5, 0.6) is 0 Å². The minimum absolute atomic E-state index is 0.694. The fourth-order valence-electron chi connectivity index (χ4n) is 2.67. The van der Waals surface area contributed by atoms with Crippen LogP contribution in [0.4, 0.5) is 17.1 Å². The van der Waals surface area contributed by atoms with Crippen LogP contribution in [0.15, 0.2) is 36.4 Å². The molecule has 0 amide bonds. The van der Waals surface area contributed by atoms with Gasteiger partial charge in [-0.1, -0.05) is 12.1 Å². The van der Waals surface area contributed by atoms with Crippen molar-refractivity contribution in [1.29, 1.82) is 5.26 Å². The average molecular weight is 263 g/mol. The number of benzene rings is 2. The Bertz CT molecular complexity index is 698. The summed E-state index contributed by atoms with van der Waals surface area (Å²) in [6.45, 7) is 6.07. The van der Waals surface area contributed by atoms with Gasteiger partial charge in [-0.25, -0.2) is 0 Å². The van der Waals surface area contributed by atoms with E-state index in [9.17, 15) is 0 Å². The molecule has 1 aliphatic rings. The SMILES string of the molecule is Cc1ccc(C)c(N2CCNc3cc(C#N)ccc32)c1. The maximum Gasteiger partial charge on any atom is 0.0992 e. The molecule has 2 aromatic rings. The molecule has 20 heavy (non-hydrogen) atoms. The first-order valence-corrected chi connectivity index (χ1v) is 6.82. The summed E-state index contributed by atoms with van der Waals surface area (Å²) in [5, 5.41) is 12.4. The Hall–Kier alpha value is -2.47. The number of anilines is 3. The minimum Gasteiger partial charge on any atom is -0.382 e. The molecule has 100 valence electrons. The van der Waals surface area contributed by atoms with Crippen molar-refractivity contribution in [1.82, 2.24) is 0 Å². The number of nitriles is 1. The lowest BCUT2D eigenvalue weighted by molar-refractivity contribution is 0.921. The topological polar surface area (TPSA) is 39.1 Å². The maximum absolute atomic E-state index is 9.01. The van der Waals surface area contributed by atoms with Crippen molar-refractivity contribution in [3.63, 3.8) is 0 Å². The Morgan fingerprint density at radius 1 is 1.10 bits per heavy atom. The van der Waals surface area contributed by atoms with Gasteiger partial charge in [0.05, 0.1) is 23.0 Å². The number of nitrogens with one attached hydrogen (secondary N) is 1. The van der Waals surface area contributed by atoms with E-state index in [2.05, 4.69) is 48.3 Å². The first kappa shape index (κ1) is 12.6. The summed E-state index contributed by atoms with van der Waals surface area (Å²) >= 11 is 0. The van der Waals surface area contributed by atoms with Crippen molar-refractivity contribution in [2.75, 3.05) is 23.3 Å². The molecule has 0 radical (unpaired) electrons. The monoisotopic (exact) mass is 263 g/mol. The van der Waals surface area contributed by atoms with Gasteiger partial charge in [-0.15, -0.1) is 0 Å². The molecule has 1 heterocycles. The van der Waals surface area contributed by atoms with Crippen molar-refractivity contribution in [2.24, 2.45) is 0 Å². The van der Waals surface area contributed by atoms with Crippen LogP contribution in [-0.2, 0) is 0 Å². The van der Waals surface area contributed by atoms with Crippen LogP contribution < -0.4 is 10.2 Å². The smallest absolute Gasteiger partial charge is 0.0992 e. The Balaban J connectivity index is 2.10. The summed E-state index contributed by atoms with van der Waals surface area (Å²) in [5.74, 6) is 0. The Morgan fingerprint density at radius 3 is 2.75 bits per heavy atom. The Kier molecular flexibility index (Phi) is 3.08. The predicted octanol–water partition coefficient (Wildman–Crippen LogP) is 3.74. The third-order valence-electron chi connectivity index (χ3n) is 3.72. The quantitative estimate of drug-likeness (QED) is 0.852. The highest BCUT2D eigenvalue weighted by Gasteiger charge is 2.19. The van der Waals surface area contributed by atoms with Crippen molar-refractivity contribution in [3.05, 3.63) is 53.1 Å². The molecule has 0 fully saturated rings. The lowest BCUT2D eigenvalue weighted by Gasteiger charge is -2.33. The number of nitrogens with zero attached hydrogens (tertiary/aromatic N) is 2. The molecule has 3 rings (SSSR count). The van der Waals surface area contributed by atoms with Crippen LogP contribution >= 0.6 is 0 Å². The number of aryl methyl sites for hydroxylation is 2. The molecule has 1 N–H and O–H groups in total. The van der Waals surface area contributed by atoms with E-state index in [1.165, 1.54) is 16.8 Å². The summed E-state index contributed by atoms with van der Waals surface area (Å²) in [6, 6.07) is 14.6. The van der Waals surface area contributed by atoms with Crippen LogP contribution in [0, 0.1) is 25.2 Å². The fraction of sp³-hybridized carbons (Fsp3) is 0.235. The molecule has 0 saturated carbocycles. The molecule has 2 aromatic carbocycles. The van der Waals surface area contributed by atoms with Gasteiger partial charge >= 0.3 is 0 Å². The van der Waals surface area contributed by atoms with Crippen molar-refractivity contribution >= 4 is 17.1 Å². The van der Waals surface area contributed by atoms with Gasteiger partial charge in [0.1, 0.15) is 0 Å². The second-order valence-corrected chi connectivity index (χ2v) is 5.21. The van der Waals surface area contributed by atoms with E-state index < -0.39 is 0 Å². The van der Waals surface area contributed by atoms with Gasteiger partial charge in [-0.05, 0) is 49.2 Å². The maximum atomic E-state index is 9.01. The summed E-state index contributed by atoms with van der Waals surface area (Å²) < 4.78 is 0. The van der Waals surface area contributed by atoms with Gasteiger partial charge in [0.25, 0.3) is 0 Å². The van der Waals surface area contributed by atoms with Crippen LogP contribution in [0.25, 0.3) is 0 Å². The van der Waals surface area contributed by atoms with E-state index in [4.69, 9.17) is 5.26 Å². The number of rotatable bonds is 1. The lowest BCUT2D eigenvalue weighted by atomic mass is 10.1. The van der Waals surface area contributed by atoms with Crippen molar-refractivity contribution < 1.29 is 0 Å². The van der Waals surface area contributed by atoms with Crippen molar-refractivity contribution in [2.45, 2.75) is 13.8 Å². The number of hydrogen-bond acceptors (Lipinski definition) is 3. The Morgan fingerprint density at radius 2 is 1.95 bits per heavy atom. The molecular weight excluding hydrogens is 246 g/mol. The first-order valence-electron chi connectivity index (χ1n) is 6.82. The predicted molar refractivity (Wildman–Crippen MR) is 82.6 cm³/mol. The van der Waals surface area contributed by atoms with Gasteiger partial charge < -0.3 is 10.2 Å². The standard InChI is InChI=1S/C17H17N3/c1-12-3-4-13(2)17(9-12)20-8-7-19-15-10-14(11-18)5-6-16(15)20/h3-6,9-10,19H,7-8H2,1-2H3. The van der Waals surface area contributed by atoms with Gasteiger partial charge in [0.2, 0.25) is 0 Å². The molecule has 0 aliphatic carbocycles. The number of hydrogen-bond donors (Lipinski definition) is 1. The molecule has 3 heteroatoms. The molecule has 0 bridgehead atoms. The second kappa shape index (κ2) is 4.90. The first-order chi connectivity index (χ1) is 9.69. The van der Waals surface area contributed by atoms with E-state index in [0.29, 0.717) is 5.56 Å². The zero-order valence-electron chi connectivity index (χ0n) is 11.8. The molecule has 0 unspecified atom stereocenters. The summed E-state index contributed by atoms with van der Waals surface area (Å²) in [7, 11) is 0. The zero-order chi connectivity index (χ0) is 14.1. The number of fused-ring (bicyclic) bond motifs is 1. The molecular formula is C17H17N3. The van der Waals surface area contributed by atoms with Crippen LogP contribution in [-0.4, -0.2) is 13.1 Å². The molecule has 0 atom stereocenters. The Labute approximate surface area is 119 Å². The van der Waals surface area contributed by atoms with E-state index in [1.807, 2.05) is 18.2 Å². The van der Waals surface area contributed by atoms with E-state index >= 15 is 0 Å². The van der Waals surface area contributed by atoms with Crippen LogP contribution in [0.1, 0.15) is 16.7 Å². The third-order valence-corrected chi connectivity index (χ3v) is 3.72. The molecule has 0 aromatic heterocycles. The van der Waals surface area contributed by atoms with Gasteiger partial charge in [-0.3, -0.25) is 0 Å². The zero-order valence-corrected chi connectivity index (χ0v) is 11.8. The minimum atomic E-state index is 0.694. The van der Waals surface area contributed by atoms with Crippen LogP contribution in [0.2, 0.25) is 0 Å². The fourth-order valence-corrected chi connectivity index (χ4v) is 2.67. The molecule has 0 spiro atoms. The summed E-state index contributed by atoms with van der Waals surface area (Å²) in [5.41, 5.74) is 6.66. The largest absolute Gasteiger partial charge is 0.382 e. The van der Waals surface area contributed by atoms with Crippen LogP contribution in [0.3, 0.4) is 0 Å². The highest BCUT2D eigenvalue weighted by Crippen LogP contribution is 2.36.